The van der Waals surface area contributed by atoms with Crippen LogP contribution in [0.2, 0.25) is 0 Å². The van der Waals surface area contributed by atoms with Gasteiger partial charge in [0.15, 0.2) is 0 Å². The van der Waals surface area contributed by atoms with Crippen LogP contribution in [0.4, 0.5) is 0 Å². The van der Waals surface area contributed by atoms with Gasteiger partial charge in [-0.15, -0.1) is 0 Å². The van der Waals surface area contributed by atoms with Crippen LogP contribution in [0.5, 0.6) is 0 Å². The molecule has 0 fully saturated rings. The quantitative estimate of drug-likeness (QED) is 0.584. The number of aliphatic hydroxyl groups excluding tert-OH is 1. The first-order valence-corrected chi connectivity index (χ1v) is 6.91. The van der Waals surface area contributed by atoms with Crippen molar-refractivity contribution < 1.29 is 5.11 Å². The number of pyridine rings is 1. The standard InChI is InChI=1S/C18H14N2O/c21-18(15-6-3-7-17-14(15)8-9-20-17)16-11-19-10-12-4-1-2-5-13(12)16/h1-11,18,20-21H. The molecule has 3 heteroatoms. The van der Waals surface area contributed by atoms with E-state index in [4.69, 9.17) is 0 Å². The SMILES string of the molecule is OC(c1cncc2ccccc12)c1cccc2[nH]ccc12. The Kier molecular flexibility index (Phi) is 2.72. The van der Waals surface area contributed by atoms with E-state index in [2.05, 4.69) is 9.97 Å². The van der Waals surface area contributed by atoms with Crippen molar-refractivity contribution in [3.8, 4) is 0 Å². The fourth-order valence-electron chi connectivity index (χ4n) is 2.87. The van der Waals surface area contributed by atoms with Crippen molar-refractivity contribution in [3.63, 3.8) is 0 Å². The van der Waals surface area contributed by atoms with Crippen LogP contribution in [-0.2, 0) is 0 Å². The monoisotopic (exact) mass is 274 g/mol. The largest absolute Gasteiger partial charge is 0.384 e. The molecule has 0 aliphatic carbocycles. The van der Waals surface area contributed by atoms with Crippen LogP contribution in [0.25, 0.3) is 21.7 Å². The smallest absolute Gasteiger partial charge is 0.107 e. The summed E-state index contributed by atoms with van der Waals surface area (Å²) in [6.45, 7) is 0. The number of nitrogens with one attached hydrogen (secondary N) is 1. The summed E-state index contributed by atoms with van der Waals surface area (Å²) in [5, 5.41) is 14.0. The van der Waals surface area contributed by atoms with Crippen LogP contribution in [-0.4, -0.2) is 15.1 Å². The Hall–Kier alpha value is -2.65. The van der Waals surface area contributed by atoms with Crippen LogP contribution in [0.15, 0.2) is 67.1 Å². The van der Waals surface area contributed by atoms with E-state index in [9.17, 15) is 5.11 Å². The lowest BCUT2D eigenvalue weighted by Gasteiger charge is -2.14. The lowest BCUT2D eigenvalue weighted by molar-refractivity contribution is 0.223. The molecular formula is C18H14N2O. The zero-order valence-corrected chi connectivity index (χ0v) is 11.3. The highest BCUT2D eigenvalue weighted by Gasteiger charge is 2.16. The van der Waals surface area contributed by atoms with Crippen molar-refractivity contribution in [2.45, 2.75) is 6.10 Å². The van der Waals surface area contributed by atoms with E-state index in [1.165, 1.54) is 0 Å². The van der Waals surface area contributed by atoms with Crippen LogP contribution >= 0.6 is 0 Å². The second-order valence-corrected chi connectivity index (χ2v) is 5.14. The minimum atomic E-state index is -0.692. The molecule has 2 aromatic heterocycles. The molecule has 2 heterocycles. The summed E-state index contributed by atoms with van der Waals surface area (Å²) in [7, 11) is 0. The summed E-state index contributed by atoms with van der Waals surface area (Å²) < 4.78 is 0. The molecule has 0 aliphatic heterocycles. The number of aromatic amines is 1. The lowest BCUT2D eigenvalue weighted by Crippen LogP contribution is -2.01. The van der Waals surface area contributed by atoms with Crippen LogP contribution in [0.3, 0.4) is 0 Å². The average Bonchev–Trinajstić information content (AvgIpc) is 3.02. The van der Waals surface area contributed by atoms with Gasteiger partial charge in [-0.1, -0.05) is 36.4 Å². The number of fused-ring (bicyclic) bond motifs is 2. The van der Waals surface area contributed by atoms with E-state index in [0.717, 1.165) is 32.8 Å². The first-order valence-electron chi connectivity index (χ1n) is 6.91. The molecule has 1 unspecified atom stereocenters. The molecule has 0 aliphatic rings. The van der Waals surface area contributed by atoms with E-state index in [0.29, 0.717) is 0 Å². The number of aromatic nitrogens is 2. The van der Waals surface area contributed by atoms with Gasteiger partial charge in [-0.05, 0) is 23.1 Å². The normalized spacial score (nSPS) is 12.8. The van der Waals surface area contributed by atoms with Gasteiger partial charge in [0.1, 0.15) is 6.10 Å². The molecule has 102 valence electrons. The Morgan fingerprint density at radius 3 is 2.71 bits per heavy atom. The minimum absolute atomic E-state index is 0.692. The van der Waals surface area contributed by atoms with Crippen molar-refractivity contribution >= 4 is 21.7 Å². The molecule has 2 N–H and O–H groups in total. The van der Waals surface area contributed by atoms with Gasteiger partial charge in [0.25, 0.3) is 0 Å². The number of benzene rings is 2. The van der Waals surface area contributed by atoms with Gasteiger partial charge in [-0.25, -0.2) is 0 Å². The second-order valence-electron chi connectivity index (χ2n) is 5.14. The molecule has 4 rings (SSSR count). The van der Waals surface area contributed by atoms with Crippen molar-refractivity contribution in [3.05, 3.63) is 78.2 Å². The van der Waals surface area contributed by atoms with Gasteiger partial charge in [-0.3, -0.25) is 4.98 Å². The van der Waals surface area contributed by atoms with Gasteiger partial charge < -0.3 is 10.1 Å². The summed E-state index contributed by atoms with van der Waals surface area (Å²) in [5.74, 6) is 0. The number of hydrogen-bond acceptors (Lipinski definition) is 2. The summed E-state index contributed by atoms with van der Waals surface area (Å²) in [4.78, 5) is 7.44. The van der Waals surface area contributed by atoms with Gasteiger partial charge in [-0.2, -0.15) is 0 Å². The number of H-pyrrole nitrogens is 1. The topological polar surface area (TPSA) is 48.9 Å². The average molecular weight is 274 g/mol. The zero-order valence-electron chi connectivity index (χ0n) is 11.3. The highest BCUT2D eigenvalue weighted by molar-refractivity contribution is 5.88. The summed E-state index contributed by atoms with van der Waals surface area (Å²) in [6.07, 6.45) is 4.77. The van der Waals surface area contributed by atoms with Crippen LogP contribution in [0, 0.1) is 0 Å². The Morgan fingerprint density at radius 1 is 0.857 bits per heavy atom. The van der Waals surface area contributed by atoms with Crippen LogP contribution in [0.1, 0.15) is 17.2 Å². The zero-order chi connectivity index (χ0) is 14.2. The molecule has 1 atom stereocenters. The molecular weight excluding hydrogens is 260 g/mol. The van der Waals surface area contributed by atoms with E-state index in [1.807, 2.05) is 60.9 Å². The van der Waals surface area contributed by atoms with Gasteiger partial charge in [0.05, 0.1) is 0 Å². The van der Waals surface area contributed by atoms with E-state index in [-0.39, 0.29) is 0 Å². The first-order chi connectivity index (χ1) is 10.3. The highest BCUT2D eigenvalue weighted by atomic mass is 16.3. The molecule has 21 heavy (non-hydrogen) atoms. The molecule has 3 nitrogen and oxygen atoms in total. The Bertz CT molecular complexity index is 921. The van der Waals surface area contributed by atoms with Crippen molar-refractivity contribution in [1.82, 2.24) is 9.97 Å². The fraction of sp³-hybridized carbons (Fsp3) is 0.0556. The lowest BCUT2D eigenvalue weighted by atomic mass is 9.96. The molecule has 0 radical (unpaired) electrons. The van der Waals surface area contributed by atoms with Crippen molar-refractivity contribution in [1.29, 1.82) is 0 Å². The highest BCUT2D eigenvalue weighted by Crippen LogP contribution is 2.31. The molecule has 2 aromatic carbocycles. The summed E-state index contributed by atoms with van der Waals surface area (Å²) in [5.41, 5.74) is 2.76. The maximum absolute atomic E-state index is 10.9. The third-order valence-electron chi connectivity index (χ3n) is 3.92. The molecule has 0 amide bonds. The molecule has 0 spiro atoms. The van der Waals surface area contributed by atoms with E-state index < -0.39 is 6.10 Å². The summed E-state index contributed by atoms with van der Waals surface area (Å²) in [6, 6.07) is 15.9. The predicted molar refractivity (Wildman–Crippen MR) is 84.1 cm³/mol. The number of hydrogen-bond donors (Lipinski definition) is 2. The van der Waals surface area contributed by atoms with E-state index in [1.54, 1.807) is 6.20 Å². The van der Waals surface area contributed by atoms with Crippen LogP contribution < -0.4 is 0 Å². The maximum atomic E-state index is 10.9. The number of aliphatic hydroxyl groups is 1. The van der Waals surface area contributed by atoms with Gasteiger partial charge >= 0.3 is 0 Å². The van der Waals surface area contributed by atoms with Crippen molar-refractivity contribution in [2.24, 2.45) is 0 Å². The maximum Gasteiger partial charge on any atom is 0.107 e. The second kappa shape index (κ2) is 4.72. The number of nitrogens with zero attached hydrogens (tertiary/aromatic N) is 1. The third kappa shape index (κ3) is 1.90. The molecule has 0 bridgehead atoms. The third-order valence-corrected chi connectivity index (χ3v) is 3.92. The van der Waals surface area contributed by atoms with Gasteiger partial charge in [0, 0.05) is 40.4 Å². The Balaban J connectivity index is 1.94. The predicted octanol–water partition coefficient (Wildman–Crippen LogP) is 3.80. The molecule has 0 saturated heterocycles. The van der Waals surface area contributed by atoms with Gasteiger partial charge in [0.2, 0.25) is 0 Å². The Labute approximate surface area is 121 Å². The van der Waals surface area contributed by atoms with E-state index >= 15 is 0 Å². The minimum Gasteiger partial charge on any atom is -0.384 e. The number of rotatable bonds is 2. The Morgan fingerprint density at radius 2 is 1.76 bits per heavy atom. The molecule has 4 aromatic rings. The summed E-state index contributed by atoms with van der Waals surface area (Å²) >= 11 is 0. The first kappa shape index (κ1) is 12.1. The fourth-order valence-corrected chi connectivity index (χ4v) is 2.87. The van der Waals surface area contributed by atoms with Crippen molar-refractivity contribution in [2.75, 3.05) is 0 Å². The molecule has 0 saturated carbocycles.